The van der Waals surface area contributed by atoms with Crippen LogP contribution in [0.15, 0.2) is 59.5 Å². The van der Waals surface area contributed by atoms with Crippen molar-refractivity contribution in [2.45, 2.75) is 74.8 Å². The second kappa shape index (κ2) is 12.8. The lowest BCUT2D eigenvalue weighted by molar-refractivity contribution is -0.178. The molecule has 2 saturated carbocycles. The molecule has 4 unspecified atom stereocenters. The molecule has 2 saturated heterocycles. The van der Waals surface area contributed by atoms with Crippen LogP contribution in [0.3, 0.4) is 0 Å². The first-order valence-corrected chi connectivity index (χ1v) is 17.5. The summed E-state index contributed by atoms with van der Waals surface area (Å²) in [5.41, 5.74) is 6.54. The van der Waals surface area contributed by atoms with Gasteiger partial charge in [-0.15, -0.1) is 0 Å². The molecule has 7 atom stereocenters. The Bertz CT molecular complexity index is 1480. The third-order valence-electron chi connectivity index (χ3n) is 10.1. The van der Waals surface area contributed by atoms with Crippen LogP contribution in [0.1, 0.15) is 50.7 Å². The van der Waals surface area contributed by atoms with Gasteiger partial charge in [-0.05, 0) is 54.9 Å². The predicted octanol–water partition coefficient (Wildman–Crippen LogP) is 3.01. The maximum Gasteiger partial charge on any atom is 0.306 e. The fraction of sp³-hybridized carbons (Fsp3) is 0.588. The maximum absolute atomic E-state index is 13.9. The Hall–Kier alpha value is -2.83. The molecule has 244 valence electrons. The van der Waals surface area contributed by atoms with E-state index in [1.165, 1.54) is 16.4 Å². The summed E-state index contributed by atoms with van der Waals surface area (Å²) in [7, 11) is -4.01. The molecule has 2 heterocycles. The number of aliphatic hydroxyl groups is 1. The molecule has 1 amide bonds. The summed E-state index contributed by atoms with van der Waals surface area (Å²) in [6.07, 6.45) is 0.898. The van der Waals surface area contributed by atoms with Crippen LogP contribution in [0.25, 0.3) is 0 Å². The molecule has 2 aromatic carbocycles. The zero-order valence-corrected chi connectivity index (χ0v) is 26.7. The fourth-order valence-electron chi connectivity index (χ4n) is 7.46. The van der Waals surface area contributed by atoms with Crippen molar-refractivity contribution < 1.29 is 37.3 Å². The minimum atomic E-state index is -4.01. The first-order valence-electron chi connectivity index (χ1n) is 16.0. The van der Waals surface area contributed by atoms with Crippen molar-refractivity contribution in [1.29, 1.82) is 0 Å². The van der Waals surface area contributed by atoms with E-state index in [4.69, 9.17) is 19.9 Å². The summed E-state index contributed by atoms with van der Waals surface area (Å²) in [5, 5.41) is 11.6. The van der Waals surface area contributed by atoms with E-state index >= 15 is 0 Å². The van der Waals surface area contributed by atoms with Crippen molar-refractivity contribution in [3.63, 3.8) is 0 Å². The normalized spacial score (nSPS) is 27.8. The molecule has 6 rings (SSSR count). The maximum atomic E-state index is 13.9. The summed E-state index contributed by atoms with van der Waals surface area (Å²) in [6, 6.07) is 15.9. The van der Waals surface area contributed by atoms with Gasteiger partial charge >= 0.3 is 5.97 Å². The smallest absolute Gasteiger partial charge is 0.306 e. The van der Waals surface area contributed by atoms with Gasteiger partial charge in [0, 0.05) is 36.8 Å². The van der Waals surface area contributed by atoms with Gasteiger partial charge in [0.2, 0.25) is 15.9 Å². The number of ether oxygens (including phenoxy) is 3. The summed E-state index contributed by atoms with van der Waals surface area (Å²) < 4.78 is 46.8. The summed E-state index contributed by atoms with van der Waals surface area (Å²) in [4.78, 5) is 25.5. The summed E-state index contributed by atoms with van der Waals surface area (Å²) in [5.74, 6) is -0.931. The Morgan fingerprint density at radius 1 is 1.02 bits per heavy atom. The van der Waals surface area contributed by atoms with Gasteiger partial charge in [-0.3, -0.25) is 9.59 Å². The number of carbonyl (C=O) groups is 2. The van der Waals surface area contributed by atoms with Gasteiger partial charge in [0.1, 0.15) is 6.10 Å². The van der Waals surface area contributed by atoms with Gasteiger partial charge in [0.25, 0.3) is 0 Å². The highest BCUT2D eigenvalue weighted by molar-refractivity contribution is 7.89. The fourth-order valence-corrected chi connectivity index (χ4v) is 9.08. The second-order valence-corrected chi connectivity index (χ2v) is 15.7. The summed E-state index contributed by atoms with van der Waals surface area (Å²) in [6.45, 7) is 4.84. The Balaban J connectivity index is 1.19. The molecular weight excluding hydrogens is 596 g/mol. The number of nitrogens with two attached hydrogens (primary N) is 1. The number of primary amides is 1. The molecule has 4 aliphatic rings. The number of esters is 1. The quantitative estimate of drug-likeness (QED) is 0.300. The van der Waals surface area contributed by atoms with E-state index in [2.05, 4.69) is 0 Å². The molecule has 4 fully saturated rings. The van der Waals surface area contributed by atoms with E-state index < -0.39 is 39.3 Å². The van der Waals surface area contributed by atoms with Crippen LogP contribution in [0.4, 0.5) is 0 Å². The molecule has 0 aromatic heterocycles. The molecule has 2 bridgehead atoms. The number of amides is 1. The highest BCUT2D eigenvalue weighted by Gasteiger charge is 2.56. The molecule has 0 spiro atoms. The monoisotopic (exact) mass is 640 g/mol. The third-order valence-corrected chi connectivity index (χ3v) is 11.9. The van der Waals surface area contributed by atoms with E-state index in [0.717, 1.165) is 12.0 Å². The number of sulfonamides is 1. The molecule has 2 aromatic rings. The molecular formula is C34H44N2O8S. The van der Waals surface area contributed by atoms with Crippen LogP contribution in [0.2, 0.25) is 0 Å². The molecule has 3 N–H and O–H groups in total. The third kappa shape index (κ3) is 6.55. The highest BCUT2D eigenvalue weighted by Crippen LogP contribution is 2.50. The standard InChI is InChI=1S/C34H44N2O8S/c1-21(2)17-36(45(40,41)26-10-8-25(9-11-26)34(12-13-34)33(35)39)18-29(37)23(14-22-6-4-3-5-7-22)16-30(38)44-31-24-15-27-28(31)20-43-32(27)42-19-24/h3-11,21,23-24,27-29,31-32,37H,12-20H2,1-2H3,(H2,35,39)/t23-,24-,27?,28?,29-,31?,32?/m1/s1. The van der Waals surface area contributed by atoms with E-state index in [1.807, 2.05) is 44.2 Å². The minimum Gasteiger partial charge on any atom is -0.462 e. The average Bonchev–Trinajstić information content (AvgIpc) is 3.66. The van der Waals surface area contributed by atoms with Crippen molar-refractivity contribution in [2.75, 3.05) is 26.3 Å². The lowest BCUT2D eigenvalue weighted by Gasteiger charge is -2.31. The first kappa shape index (κ1) is 32.1. The molecule has 10 nitrogen and oxygen atoms in total. The molecule has 2 aliphatic heterocycles. The van der Waals surface area contributed by atoms with Gasteiger partial charge in [0.05, 0.1) is 36.0 Å². The van der Waals surface area contributed by atoms with Gasteiger partial charge in [-0.1, -0.05) is 56.3 Å². The zero-order valence-electron chi connectivity index (χ0n) is 25.9. The molecule has 45 heavy (non-hydrogen) atoms. The predicted molar refractivity (Wildman–Crippen MR) is 165 cm³/mol. The van der Waals surface area contributed by atoms with E-state index in [0.29, 0.717) is 38.0 Å². The Morgan fingerprint density at radius 2 is 1.71 bits per heavy atom. The molecule has 2 aliphatic carbocycles. The Labute approximate surface area is 265 Å². The van der Waals surface area contributed by atoms with Crippen LogP contribution in [0, 0.1) is 29.6 Å². The van der Waals surface area contributed by atoms with E-state index in [9.17, 15) is 23.1 Å². The van der Waals surface area contributed by atoms with Crippen LogP contribution in [-0.4, -0.2) is 74.5 Å². The van der Waals surface area contributed by atoms with Crippen LogP contribution >= 0.6 is 0 Å². The lowest BCUT2D eigenvalue weighted by Crippen LogP contribution is -2.43. The number of fused-ring (bicyclic) bond motifs is 1. The average molecular weight is 641 g/mol. The highest BCUT2D eigenvalue weighted by atomic mass is 32.2. The number of rotatable bonds is 14. The summed E-state index contributed by atoms with van der Waals surface area (Å²) >= 11 is 0. The largest absolute Gasteiger partial charge is 0.462 e. The number of hydrogen-bond donors (Lipinski definition) is 2. The van der Waals surface area contributed by atoms with E-state index in [1.54, 1.807) is 12.1 Å². The van der Waals surface area contributed by atoms with Crippen LogP contribution in [0.5, 0.6) is 0 Å². The van der Waals surface area contributed by atoms with Gasteiger partial charge in [-0.25, -0.2) is 8.42 Å². The minimum absolute atomic E-state index is 0.0187. The number of hydrogen-bond acceptors (Lipinski definition) is 8. The SMILES string of the molecule is CC(C)CN(C[C@@H](O)[C@@H](CC(=O)OC1C2COC3OC[C@H]1CC32)Cc1ccccc1)S(=O)(=O)c1ccc(C2(C(N)=O)CC2)cc1. The first-order chi connectivity index (χ1) is 21.5. The molecule has 11 heteroatoms. The van der Waals surface area contributed by atoms with Gasteiger partial charge < -0.3 is 25.1 Å². The van der Waals surface area contributed by atoms with Crippen molar-refractivity contribution in [2.24, 2.45) is 35.3 Å². The van der Waals surface area contributed by atoms with Crippen molar-refractivity contribution in [3.05, 3.63) is 65.7 Å². The zero-order chi connectivity index (χ0) is 31.9. The van der Waals surface area contributed by atoms with Gasteiger partial charge in [0.15, 0.2) is 6.29 Å². The molecule has 0 radical (unpaired) electrons. The van der Waals surface area contributed by atoms with Crippen molar-refractivity contribution >= 4 is 21.9 Å². The van der Waals surface area contributed by atoms with Crippen LogP contribution < -0.4 is 5.73 Å². The Morgan fingerprint density at radius 3 is 2.36 bits per heavy atom. The number of nitrogens with zero attached hydrogens (tertiary/aromatic N) is 1. The van der Waals surface area contributed by atoms with Gasteiger partial charge in [-0.2, -0.15) is 4.31 Å². The topological polar surface area (TPSA) is 145 Å². The van der Waals surface area contributed by atoms with Crippen molar-refractivity contribution in [3.8, 4) is 0 Å². The van der Waals surface area contributed by atoms with Crippen molar-refractivity contribution in [1.82, 2.24) is 4.31 Å². The number of aliphatic hydroxyl groups excluding tert-OH is 1. The second-order valence-electron chi connectivity index (χ2n) is 13.7. The van der Waals surface area contributed by atoms with E-state index in [-0.39, 0.29) is 60.5 Å². The number of carbonyl (C=O) groups excluding carboxylic acids is 2. The lowest BCUT2D eigenvalue weighted by atomic mass is 9.90. The number of benzene rings is 2. The van der Waals surface area contributed by atoms with Crippen LogP contribution in [-0.2, 0) is 45.7 Å². The Kier molecular flexibility index (Phi) is 9.11.